The van der Waals surface area contributed by atoms with Crippen molar-refractivity contribution in [2.24, 2.45) is 5.92 Å². The van der Waals surface area contributed by atoms with Gasteiger partial charge >= 0.3 is 5.97 Å². The van der Waals surface area contributed by atoms with Gasteiger partial charge in [-0.1, -0.05) is 25.1 Å². The number of amides is 1. The predicted octanol–water partition coefficient (Wildman–Crippen LogP) is 2.63. The summed E-state index contributed by atoms with van der Waals surface area (Å²) >= 11 is 0. The Morgan fingerprint density at radius 1 is 1.20 bits per heavy atom. The zero-order chi connectivity index (χ0) is 14.9. The molecule has 1 atom stereocenters. The molecule has 4 nitrogen and oxygen atoms in total. The van der Waals surface area contributed by atoms with Crippen molar-refractivity contribution in [3.05, 3.63) is 41.0 Å². The maximum atomic E-state index is 12.6. The van der Waals surface area contributed by atoms with Crippen molar-refractivity contribution in [2.75, 3.05) is 11.4 Å². The van der Waals surface area contributed by atoms with Crippen LogP contribution in [-0.4, -0.2) is 23.5 Å². The van der Waals surface area contributed by atoms with E-state index in [0.29, 0.717) is 18.0 Å². The second-order valence-corrected chi connectivity index (χ2v) is 5.41. The van der Waals surface area contributed by atoms with Crippen LogP contribution in [-0.2, 0) is 16.0 Å². The molecule has 1 aliphatic rings. The van der Waals surface area contributed by atoms with Crippen molar-refractivity contribution in [1.82, 2.24) is 0 Å². The highest BCUT2D eigenvalue weighted by Crippen LogP contribution is 2.30. The molecular weight excluding hydrogens is 254 g/mol. The Morgan fingerprint density at radius 3 is 2.50 bits per heavy atom. The van der Waals surface area contributed by atoms with Crippen molar-refractivity contribution < 1.29 is 14.7 Å². The van der Waals surface area contributed by atoms with Gasteiger partial charge in [-0.05, 0) is 37.8 Å². The fraction of sp³-hybridized carbons (Fsp3) is 0.375. The van der Waals surface area contributed by atoms with Gasteiger partial charge in [0, 0.05) is 23.4 Å². The van der Waals surface area contributed by atoms with Crippen LogP contribution in [0.2, 0.25) is 0 Å². The number of anilines is 1. The lowest BCUT2D eigenvalue weighted by molar-refractivity contribution is -0.133. The van der Waals surface area contributed by atoms with E-state index >= 15 is 0 Å². The predicted molar refractivity (Wildman–Crippen MR) is 77.7 cm³/mol. The minimum absolute atomic E-state index is 0.103. The van der Waals surface area contributed by atoms with Crippen LogP contribution in [0, 0.1) is 5.92 Å². The molecule has 1 aliphatic heterocycles. The van der Waals surface area contributed by atoms with Crippen LogP contribution < -0.4 is 4.90 Å². The van der Waals surface area contributed by atoms with Gasteiger partial charge in [-0.15, -0.1) is 0 Å². The first kappa shape index (κ1) is 14.3. The van der Waals surface area contributed by atoms with Gasteiger partial charge in [-0.3, -0.25) is 4.79 Å². The molecule has 4 heteroatoms. The number of carbonyl (C=O) groups excluding carboxylic acids is 1. The molecule has 0 spiro atoms. The molecule has 1 amide bonds. The number of nitrogens with zero attached hydrogens (tertiary/aromatic N) is 1. The minimum atomic E-state index is -1.05. The number of aliphatic carboxylic acids is 1. The Hall–Kier alpha value is -2.10. The summed E-state index contributed by atoms with van der Waals surface area (Å²) in [6, 6.07) is 7.81. The summed E-state index contributed by atoms with van der Waals surface area (Å²) in [4.78, 5) is 25.3. The Labute approximate surface area is 118 Å². The number of carbonyl (C=O) groups is 2. The fourth-order valence-electron chi connectivity index (χ4n) is 2.51. The number of hydrogen-bond acceptors (Lipinski definition) is 2. The molecule has 0 aromatic heterocycles. The molecular formula is C16H19NO3. The monoisotopic (exact) mass is 273 g/mol. The second-order valence-electron chi connectivity index (χ2n) is 5.41. The summed E-state index contributed by atoms with van der Waals surface area (Å²) in [7, 11) is 0. The molecule has 1 unspecified atom stereocenters. The average Bonchev–Trinajstić information content (AvgIpc) is 2.43. The third kappa shape index (κ3) is 2.59. The van der Waals surface area contributed by atoms with E-state index in [1.165, 1.54) is 6.92 Å². The fourth-order valence-corrected chi connectivity index (χ4v) is 2.51. The maximum absolute atomic E-state index is 12.6. The van der Waals surface area contributed by atoms with Gasteiger partial charge in [0.2, 0.25) is 0 Å². The van der Waals surface area contributed by atoms with E-state index in [1.807, 2.05) is 24.3 Å². The van der Waals surface area contributed by atoms with Gasteiger partial charge in [0.25, 0.3) is 5.91 Å². The SMILES string of the molecule is CC(C(=O)O)=C(C)C(=O)N1CC(C)Cc2ccccc21. The Kier molecular flexibility index (Phi) is 3.93. The number of carboxylic acid groups (broad SMARTS) is 1. The molecule has 0 radical (unpaired) electrons. The number of rotatable bonds is 2. The van der Waals surface area contributed by atoms with Gasteiger partial charge in [0.1, 0.15) is 0 Å². The van der Waals surface area contributed by atoms with Crippen LogP contribution in [0.1, 0.15) is 26.3 Å². The third-order valence-corrected chi connectivity index (χ3v) is 3.79. The Balaban J connectivity index is 2.41. The van der Waals surface area contributed by atoms with Gasteiger partial charge in [0.05, 0.1) is 0 Å². The van der Waals surface area contributed by atoms with Crippen molar-refractivity contribution >= 4 is 17.6 Å². The summed E-state index contributed by atoms with van der Waals surface area (Å²) in [6.07, 6.45) is 0.945. The second kappa shape index (κ2) is 5.49. The lowest BCUT2D eigenvalue weighted by atomic mass is 9.93. The molecule has 1 aromatic carbocycles. The van der Waals surface area contributed by atoms with Crippen LogP contribution >= 0.6 is 0 Å². The van der Waals surface area contributed by atoms with E-state index in [1.54, 1.807) is 11.8 Å². The van der Waals surface area contributed by atoms with E-state index in [2.05, 4.69) is 6.92 Å². The van der Waals surface area contributed by atoms with E-state index in [0.717, 1.165) is 17.7 Å². The topological polar surface area (TPSA) is 57.6 Å². The van der Waals surface area contributed by atoms with Crippen LogP contribution in [0.4, 0.5) is 5.69 Å². The van der Waals surface area contributed by atoms with Crippen molar-refractivity contribution in [2.45, 2.75) is 27.2 Å². The van der Waals surface area contributed by atoms with Gasteiger partial charge in [-0.25, -0.2) is 4.79 Å². The molecule has 0 saturated heterocycles. The van der Waals surface area contributed by atoms with Crippen LogP contribution in [0.3, 0.4) is 0 Å². The average molecular weight is 273 g/mol. The quantitative estimate of drug-likeness (QED) is 0.843. The van der Waals surface area contributed by atoms with E-state index in [-0.39, 0.29) is 11.5 Å². The number of fused-ring (bicyclic) bond motifs is 1. The molecule has 1 aromatic rings. The lowest BCUT2D eigenvalue weighted by Gasteiger charge is -2.33. The zero-order valence-corrected chi connectivity index (χ0v) is 12.0. The molecule has 1 N–H and O–H groups in total. The largest absolute Gasteiger partial charge is 0.478 e. The molecule has 2 rings (SSSR count). The standard InChI is InChI=1S/C16H19NO3/c1-10-8-13-6-4-5-7-14(13)17(9-10)15(18)11(2)12(3)16(19)20/h4-7,10H,8-9H2,1-3H3,(H,19,20). The van der Waals surface area contributed by atoms with E-state index < -0.39 is 5.97 Å². The van der Waals surface area contributed by atoms with Crippen molar-refractivity contribution in [3.8, 4) is 0 Å². The third-order valence-electron chi connectivity index (χ3n) is 3.79. The molecule has 0 saturated carbocycles. The maximum Gasteiger partial charge on any atom is 0.331 e. The summed E-state index contributed by atoms with van der Waals surface area (Å²) in [5.74, 6) is -0.898. The number of para-hydroxylation sites is 1. The molecule has 0 aliphatic carbocycles. The van der Waals surface area contributed by atoms with Gasteiger partial charge < -0.3 is 10.0 Å². The molecule has 1 heterocycles. The summed E-state index contributed by atoms with van der Waals surface area (Å²) in [6.45, 7) is 5.77. The summed E-state index contributed by atoms with van der Waals surface area (Å²) in [5, 5.41) is 9.02. The first-order valence-electron chi connectivity index (χ1n) is 6.72. The highest BCUT2D eigenvalue weighted by molar-refractivity contribution is 6.09. The number of benzene rings is 1. The van der Waals surface area contributed by atoms with E-state index in [4.69, 9.17) is 5.11 Å². The van der Waals surface area contributed by atoms with Crippen molar-refractivity contribution in [3.63, 3.8) is 0 Å². The highest BCUT2D eigenvalue weighted by Gasteiger charge is 2.28. The highest BCUT2D eigenvalue weighted by atomic mass is 16.4. The van der Waals surface area contributed by atoms with E-state index in [9.17, 15) is 9.59 Å². The van der Waals surface area contributed by atoms with Crippen LogP contribution in [0.15, 0.2) is 35.4 Å². The zero-order valence-electron chi connectivity index (χ0n) is 12.0. The molecule has 0 fully saturated rings. The summed E-state index contributed by atoms with van der Waals surface area (Å²) in [5.41, 5.74) is 2.43. The smallest absolute Gasteiger partial charge is 0.331 e. The minimum Gasteiger partial charge on any atom is -0.478 e. The van der Waals surface area contributed by atoms with Crippen molar-refractivity contribution in [1.29, 1.82) is 0 Å². The Morgan fingerprint density at radius 2 is 1.85 bits per heavy atom. The van der Waals surface area contributed by atoms with Gasteiger partial charge in [0.15, 0.2) is 0 Å². The van der Waals surface area contributed by atoms with Crippen LogP contribution in [0.5, 0.6) is 0 Å². The number of hydrogen-bond donors (Lipinski definition) is 1. The molecule has 20 heavy (non-hydrogen) atoms. The molecule has 106 valence electrons. The normalized spacial score (nSPS) is 19.1. The number of carboxylic acids is 1. The lowest BCUT2D eigenvalue weighted by Crippen LogP contribution is -2.40. The van der Waals surface area contributed by atoms with Gasteiger partial charge in [-0.2, -0.15) is 0 Å². The first-order chi connectivity index (χ1) is 9.41. The Bertz CT molecular complexity index is 589. The first-order valence-corrected chi connectivity index (χ1v) is 6.72. The summed E-state index contributed by atoms with van der Waals surface area (Å²) < 4.78 is 0. The van der Waals surface area contributed by atoms with Crippen LogP contribution in [0.25, 0.3) is 0 Å². The molecule has 0 bridgehead atoms.